The second-order valence-corrected chi connectivity index (χ2v) is 4.87. The van der Waals surface area contributed by atoms with Crippen LogP contribution in [0.4, 0.5) is 0 Å². The predicted octanol–water partition coefficient (Wildman–Crippen LogP) is -0.850. The van der Waals surface area contributed by atoms with Crippen molar-refractivity contribution in [3.05, 3.63) is 0 Å². The molecule has 0 saturated heterocycles. The van der Waals surface area contributed by atoms with Gasteiger partial charge in [-0.1, -0.05) is 6.92 Å². The van der Waals surface area contributed by atoms with Crippen LogP contribution in [0.25, 0.3) is 0 Å². The van der Waals surface area contributed by atoms with E-state index in [9.17, 15) is 13.2 Å². The number of aliphatic hydroxyl groups excluding tert-OH is 1. The van der Waals surface area contributed by atoms with Crippen molar-refractivity contribution in [2.75, 3.05) is 5.75 Å². The summed E-state index contributed by atoms with van der Waals surface area (Å²) in [6, 6.07) is -1.48. The number of carboxylic acids is 1. The third kappa shape index (κ3) is 4.54. The highest BCUT2D eigenvalue weighted by Crippen LogP contribution is 1.98. The van der Waals surface area contributed by atoms with Gasteiger partial charge in [0.2, 0.25) is 10.0 Å². The number of aliphatic carboxylic acids is 1. The first-order chi connectivity index (χ1) is 6.30. The van der Waals surface area contributed by atoms with Crippen LogP contribution in [0.15, 0.2) is 0 Å². The smallest absolute Gasteiger partial charge is 0.324 e. The zero-order valence-electron chi connectivity index (χ0n) is 8.10. The highest BCUT2D eigenvalue weighted by Gasteiger charge is 2.27. The summed E-state index contributed by atoms with van der Waals surface area (Å²) in [7, 11) is -3.61. The molecular weight excluding hydrogens is 210 g/mol. The molecule has 3 N–H and O–H groups in total. The van der Waals surface area contributed by atoms with Gasteiger partial charge in [0.05, 0.1) is 11.9 Å². The minimum Gasteiger partial charge on any atom is -0.480 e. The Morgan fingerprint density at radius 2 is 2.00 bits per heavy atom. The van der Waals surface area contributed by atoms with Crippen LogP contribution in [0.2, 0.25) is 0 Å². The summed E-state index contributed by atoms with van der Waals surface area (Å²) in [6.07, 6.45) is -0.874. The Labute approximate surface area is 83.0 Å². The van der Waals surface area contributed by atoms with Crippen LogP contribution >= 0.6 is 0 Å². The summed E-state index contributed by atoms with van der Waals surface area (Å²) in [5, 5.41) is 17.6. The Bertz CT molecular complexity index is 284. The van der Waals surface area contributed by atoms with Crippen molar-refractivity contribution >= 4 is 16.0 Å². The summed E-state index contributed by atoms with van der Waals surface area (Å²) in [5.41, 5.74) is 0. The van der Waals surface area contributed by atoms with Crippen molar-refractivity contribution in [1.29, 1.82) is 0 Å². The fourth-order valence-corrected chi connectivity index (χ4v) is 2.22. The quantitative estimate of drug-likeness (QED) is 0.546. The molecule has 7 heteroatoms. The van der Waals surface area contributed by atoms with E-state index in [1.165, 1.54) is 6.92 Å². The molecular formula is C7H15NO5S. The summed E-state index contributed by atoms with van der Waals surface area (Å²) in [4.78, 5) is 10.5. The van der Waals surface area contributed by atoms with E-state index in [0.717, 1.165) is 0 Å². The molecule has 0 spiro atoms. The average molecular weight is 225 g/mol. The third-order valence-electron chi connectivity index (χ3n) is 1.53. The summed E-state index contributed by atoms with van der Waals surface area (Å²) in [6.45, 7) is 2.88. The van der Waals surface area contributed by atoms with Crippen molar-refractivity contribution < 1.29 is 23.4 Å². The molecule has 0 saturated carbocycles. The molecule has 0 aromatic carbocycles. The average Bonchev–Trinajstić information content (AvgIpc) is 1.99. The van der Waals surface area contributed by atoms with E-state index in [0.29, 0.717) is 6.42 Å². The predicted molar refractivity (Wildman–Crippen MR) is 50.3 cm³/mol. The zero-order valence-corrected chi connectivity index (χ0v) is 8.91. The van der Waals surface area contributed by atoms with E-state index in [1.54, 1.807) is 6.92 Å². The molecule has 0 fully saturated rings. The van der Waals surface area contributed by atoms with E-state index < -0.39 is 28.1 Å². The van der Waals surface area contributed by atoms with Crippen LogP contribution in [-0.4, -0.2) is 42.5 Å². The minimum absolute atomic E-state index is 0.149. The molecule has 2 unspecified atom stereocenters. The number of carbonyl (C=O) groups is 1. The van der Waals surface area contributed by atoms with E-state index in [1.807, 2.05) is 4.72 Å². The van der Waals surface area contributed by atoms with E-state index in [2.05, 4.69) is 0 Å². The summed E-state index contributed by atoms with van der Waals surface area (Å²) < 4.78 is 24.2. The van der Waals surface area contributed by atoms with Crippen LogP contribution < -0.4 is 4.72 Å². The Morgan fingerprint density at radius 1 is 1.50 bits per heavy atom. The normalized spacial score (nSPS) is 16.2. The minimum atomic E-state index is -3.61. The van der Waals surface area contributed by atoms with Gasteiger partial charge >= 0.3 is 5.97 Å². The Kier molecular flexibility index (Phi) is 5.03. The third-order valence-corrected chi connectivity index (χ3v) is 3.09. The van der Waals surface area contributed by atoms with Gasteiger partial charge in [-0.05, 0) is 13.3 Å². The summed E-state index contributed by atoms with van der Waals surface area (Å²) >= 11 is 0. The number of hydrogen-bond donors (Lipinski definition) is 3. The number of rotatable bonds is 6. The zero-order chi connectivity index (χ0) is 11.4. The first-order valence-electron chi connectivity index (χ1n) is 4.21. The largest absolute Gasteiger partial charge is 0.480 e. The highest BCUT2D eigenvalue weighted by molar-refractivity contribution is 7.89. The molecule has 0 heterocycles. The molecule has 2 atom stereocenters. The lowest BCUT2D eigenvalue weighted by Gasteiger charge is -2.16. The highest BCUT2D eigenvalue weighted by atomic mass is 32.2. The number of hydrogen-bond acceptors (Lipinski definition) is 4. The SMILES string of the molecule is CCCS(=O)(=O)NC(C(=O)O)C(C)O. The lowest BCUT2D eigenvalue weighted by atomic mass is 10.2. The van der Waals surface area contributed by atoms with Crippen LogP contribution in [0.5, 0.6) is 0 Å². The van der Waals surface area contributed by atoms with Gasteiger partial charge in [0.1, 0.15) is 6.04 Å². The first kappa shape index (κ1) is 13.3. The van der Waals surface area contributed by atoms with Crippen molar-refractivity contribution in [1.82, 2.24) is 4.72 Å². The second kappa shape index (κ2) is 5.28. The van der Waals surface area contributed by atoms with Gasteiger partial charge in [-0.2, -0.15) is 4.72 Å². The Morgan fingerprint density at radius 3 is 2.29 bits per heavy atom. The molecule has 0 aromatic heterocycles. The van der Waals surface area contributed by atoms with Gasteiger partial charge in [0.15, 0.2) is 0 Å². The van der Waals surface area contributed by atoms with Crippen LogP contribution in [0.3, 0.4) is 0 Å². The topological polar surface area (TPSA) is 104 Å². The molecule has 0 bridgehead atoms. The fourth-order valence-electron chi connectivity index (χ4n) is 0.876. The molecule has 14 heavy (non-hydrogen) atoms. The second-order valence-electron chi connectivity index (χ2n) is 2.99. The standard InChI is InChI=1S/C7H15NO5S/c1-3-4-14(12,13)8-6(5(2)9)7(10)11/h5-6,8-9H,3-4H2,1-2H3,(H,10,11). The van der Waals surface area contributed by atoms with Gasteiger partial charge in [0, 0.05) is 0 Å². The molecule has 0 aliphatic rings. The van der Waals surface area contributed by atoms with Gasteiger partial charge in [-0.3, -0.25) is 4.79 Å². The summed E-state index contributed by atoms with van der Waals surface area (Å²) in [5.74, 6) is -1.54. The number of carboxylic acid groups (broad SMARTS) is 1. The fraction of sp³-hybridized carbons (Fsp3) is 0.857. The van der Waals surface area contributed by atoms with Crippen LogP contribution in [0, 0.1) is 0 Å². The first-order valence-corrected chi connectivity index (χ1v) is 5.86. The van der Waals surface area contributed by atoms with Gasteiger partial charge in [-0.25, -0.2) is 8.42 Å². The van der Waals surface area contributed by atoms with Gasteiger partial charge < -0.3 is 10.2 Å². The lowest BCUT2D eigenvalue weighted by Crippen LogP contribution is -2.48. The number of sulfonamides is 1. The molecule has 0 aliphatic heterocycles. The molecule has 0 aromatic rings. The van der Waals surface area contributed by atoms with E-state index >= 15 is 0 Å². The van der Waals surface area contributed by atoms with Crippen LogP contribution in [-0.2, 0) is 14.8 Å². The Hall–Kier alpha value is -0.660. The van der Waals surface area contributed by atoms with Crippen molar-refractivity contribution in [2.24, 2.45) is 0 Å². The molecule has 0 aliphatic carbocycles. The Balaban J connectivity index is 4.53. The number of aliphatic hydroxyl groups is 1. The lowest BCUT2D eigenvalue weighted by molar-refractivity contribution is -0.141. The van der Waals surface area contributed by atoms with Gasteiger partial charge in [-0.15, -0.1) is 0 Å². The van der Waals surface area contributed by atoms with Crippen LogP contribution in [0.1, 0.15) is 20.3 Å². The maximum absolute atomic E-state index is 11.2. The van der Waals surface area contributed by atoms with Crippen molar-refractivity contribution in [2.45, 2.75) is 32.4 Å². The van der Waals surface area contributed by atoms with E-state index in [-0.39, 0.29) is 5.75 Å². The maximum atomic E-state index is 11.2. The molecule has 0 radical (unpaired) electrons. The van der Waals surface area contributed by atoms with E-state index in [4.69, 9.17) is 10.2 Å². The molecule has 84 valence electrons. The van der Waals surface area contributed by atoms with Gasteiger partial charge in [0.25, 0.3) is 0 Å². The monoisotopic (exact) mass is 225 g/mol. The molecule has 6 nitrogen and oxygen atoms in total. The number of nitrogens with one attached hydrogen (secondary N) is 1. The van der Waals surface area contributed by atoms with Crippen molar-refractivity contribution in [3.8, 4) is 0 Å². The molecule has 0 rings (SSSR count). The maximum Gasteiger partial charge on any atom is 0.324 e. The van der Waals surface area contributed by atoms with Crippen molar-refractivity contribution in [3.63, 3.8) is 0 Å². The molecule has 0 amide bonds.